The van der Waals surface area contributed by atoms with Crippen LogP contribution in [0, 0.1) is 13.8 Å². The van der Waals surface area contributed by atoms with E-state index in [1.54, 1.807) is 6.20 Å². The standard InChI is InChI=1S/C27H24N4O2/c1-18-9-8-10-19(2)25(18)29-24(32)17-31-27(33)26-22(15-28-31)21-13-6-7-14-23(21)30(26)16-20-11-4-3-5-12-20/h3-15H,16-17H2,1-2H3,(H,29,32). The van der Waals surface area contributed by atoms with E-state index in [1.165, 1.54) is 4.68 Å². The highest BCUT2D eigenvalue weighted by molar-refractivity contribution is 6.07. The minimum atomic E-state index is -0.285. The molecule has 0 bridgehead atoms. The minimum absolute atomic E-state index is 0.157. The van der Waals surface area contributed by atoms with E-state index < -0.39 is 0 Å². The Morgan fingerprint density at radius 2 is 1.58 bits per heavy atom. The first-order valence-electron chi connectivity index (χ1n) is 10.9. The SMILES string of the molecule is Cc1cccc(C)c1NC(=O)Cn1ncc2c3ccccc3n(Cc3ccccc3)c2c1=O. The van der Waals surface area contributed by atoms with Crippen LogP contribution in [0.15, 0.2) is 83.8 Å². The third-order valence-electron chi connectivity index (χ3n) is 6.00. The lowest BCUT2D eigenvalue weighted by molar-refractivity contribution is -0.117. The van der Waals surface area contributed by atoms with Gasteiger partial charge in [0.05, 0.1) is 6.20 Å². The number of nitrogens with zero attached hydrogens (tertiary/aromatic N) is 3. The summed E-state index contributed by atoms with van der Waals surface area (Å²) in [6, 6.07) is 23.8. The number of benzene rings is 3. The van der Waals surface area contributed by atoms with E-state index in [1.807, 2.05) is 91.2 Å². The summed E-state index contributed by atoms with van der Waals surface area (Å²) < 4.78 is 3.26. The number of aryl methyl sites for hydroxylation is 2. The van der Waals surface area contributed by atoms with E-state index in [0.717, 1.165) is 38.7 Å². The zero-order valence-electron chi connectivity index (χ0n) is 18.6. The summed E-state index contributed by atoms with van der Waals surface area (Å²) >= 11 is 0. The van der Waals surface area contributed by atoms with E-state index in [4.69, 9.17) is 0 Å². The molecule has 0 aliphatic rings. The molecule has 2 heterocycles. The number of amides is 1. The number of fused-ring (bicyclic) bond motifs is 3. The van der Waals surface area contributed by atoms with Crippen molar-refractivity contribution in [3.8, 4) is 0 Å². The Bertz CT molecular complexity index is 1530. The number of aromatic nitrogens is 3. The summed E-state index contributed by atoms with van der Waals surface area (Å²) in [7, 11) is 0. The van der Waals surface area contributed by atoms with Gasteiger partial charge in [-0.1, -0.05) is 66.7 Å². The zero-order chi connectivity index (χ0) is 22.9. The van der Waals surface area contributed by atoms with Crippen LogP contribution in [0.5, 0.6) is 0 Å². The van der Waals surface area contributed by atoms with Crippen molar-refractivity contribution in [2.24, 2.45) is 0 Å². The molecule has 1 amide bonds. The van der Waals surface area contributed by atoms with Gasteiger partial charge in [0.2, 0.25) is 5.91 Å². The number of nitrogens with one attached hydrogen (secondary N) is 1. The second-order valence-electron chi connectivity index (χ2n) is 8.27. The fourth-order valence-electron chi connectivity index (χ4n) is 4.36. The lowest BCUT2D eigenvalue weighted by Gasteiger charge is -2.12. The summed E-state index contributed by atoms with van der Waals surface area (Å²) in [5.74, 6) is -0.285. The van der Waals surface area contributed by atoms with Gasteiger partial charge in [-0.2, -0.15) is 5.10 Å². The molecule has 0 saturated heterocycles. The molecular formula is C27H24N4O2. The number of hydrogen-bond acceptors (Lipinski definition) is 3. The van der Waals surface area contributed by atoms with Crippen molar-refractivity contribution < 1.29 is 4.79 Å². The molecular weight excluding hydrogens is 412 g/mol. The quantitative estimate of drug-likeness (QED) is 0.436. The predicted molar refractivity (Wildman–Crippen MR) is 132 cm³/mol. The topological polar surface area (TPSA) is 68.9 Å². The van der Waals surface area contributed by atoms with Gasteiger partial charge in [-0.25, -0.2) is 4.68 Å². The Morgan fingerprint density at radius 1 is 0.879 bits per heavy atom. The van der Waals surface area contributed by atoms with E-state index >= 15 is 0 Å². The molecule has 33 heavy (non-hydrogen) atoms. The molecule has 5 rings (SSSR count). The van der Waals surface area contributed by atoms with Crippen molar-refractivity contribution in [2.75, 3.05) is 5.32 Å². The highest BCUT2D eigenvalue weighted by Gasteiger charge is 2.17. The normalized spacial score (nSPS) is 11.2. The predicted octanol–water partition coefficient (Wildman–Crippen LogP) is 4.66. The van der Waals surface area contributed by atoms with Gasteiger partial charge < -0.3 is 9.88 Å². The summed E-state index contributed by atoms with van der Waals surface area (Å²) in [5.41, 5.74) is 5.05. The highest BCUT2D eigenvalue weighted by Crippen LogP contribution is 2.27. The van der Waals surface area contributed by atoms with Crippen molar-refractivity contribution in [3.63, 3.8) is 0 Å². The van der Waals surface area contributed by atoms with Crippen molar-refractivity contribution in [1.29, 1.82) is 0 Å². The van der Waals surface area contributed by atoms with Gasteiger partial charge >= 0.3 is 0 Å². The number of rotatable bonds is 5. The molecule has 6 heteroatoms. The summed E-state index contributed by atoms with van der Waals surface area (Å²) in [6.45, 7) is 4.29. The van der Waals surface area contributed by atoms with Gasteiger partial charge in [-0.05, 0) is 36.6 Å². The Kier molecular flexibility index (Phi) is 5.26. The van der Waals surface area contributed by atoms with Crippen molar-refractivity contribution >= 4 is 33.4 Å². The molecule has 0 spiro atoms. The van der Waals surface area contributed by atoms with Gasteiger partial charge in [0.1, 0.15) is 12.1 Å². The maximum atomic E-state index is 13.5. The van der Waals surface area contributed by atoms with Gasteiger partial charge in [0, 0.05) is 28.5 Å². The largest absolute Gasteiger partial charge is 0.331 e. The lowest BCUT2D eigenvalue weighted by atomic mass is 10.1. The number of para-hydroxylation sites is 2. The highest BCUT2D eigenvalue weighted by atomic mass is 16.2. The molecule has 6 nitrogen and oxygen atoms in total. The smallest absolute Gasteiger partial charge is 0.291 e. The van der Waals surface area contributed by atoms with Gasteiger partial charge in [-0.3, -0.25) is 9.59 Å². The molecule has 3 aromatic carbocycles. The molecule has 0 atom stereocenters. The van der Waals surface area contributed by atoms with E-state index in [0.29, 0.717) is 12.1 Å². The van der Waals surface area contributed by atoms with Crippen molar-refractivity contribution in [1.82, 2.24) is 14.3 Å². The van der Waals surface area contributed by atoms with E-state index in [-0.39, 0.29) is 18.0 Å². The molecule has 0 aliphatic carbocycles. The second-order valence-corrected chi connectivity index (χ2v) is 8.27. The summed E-state index contributed by atoms with van der Waals surface area (Å²) in [6.07, 6.45) is 1.69. The van der Waals surface area contributed by atoms with Gasteiger partial charge in [0.25, 0.3) is 5.56 Å². The van der Waals surface area contributed by atoms with Crippen LogP contribution >= 0.6 is 0 Å². The average molecular weight is 437 g/mol. The summed E-state index contributed by atoms with van der Waals surface area (Å²) in [4.78, 5) is 26.3. The molecule has 0 unspecified atom stereocenters. The van der Waals surface area contributed by atoms with Crippen LogP contribution in [0.2, 0.25) is 0 Å². The van der Waals surface area contributed by atoms with Crippen LogP contribution in [0.3, 0.4) is 0 Å². The zero-order valence-corrected chi connectivity index (χ0v) is 18.6. The molecule has 2 aromatic heterocycles. The number of carbonyl (C=O) groups excluding carboxylic acids is 1. The Labute approximate surface area is 191 Å². The molecule has 164 valence electrons. The first-order valence-corrected chi connectivity index (χ1v) is 10.9. The van der Waals surface area contributed by atoms with Crippen LogP contribution in [-0.4, -0.2) is 20.3 Å². The first-order chi connectivity index (χ1) is 16.0. The average Bonchev–Trinajstić information content (AvgIpc) is 3.13. The molecule has 0 aliphatic heterocycles. The van der Waals surface area contributed by atoms with E-state index in [2.05, 4.69) is 10.4 Å². The molecule has 0 radical (unpaired) electrons. The third-order valence-corrected chi connectivity index (χ3v) is 6.00. The van der Waals surface area contributed by atoms with Gasteiger partial charge in [-0.15, -0.1) is 0 Å². The molecule has 0 fully saturated rings. The second kappa shape index (κ2) is 8.39. The first kappa shape index (κ1) is 20.7. The maximum Gasteiger partial charge on any atom is 0.291 e. The fourth-order valence-corrected chi connectivity index (χ4v) is 4.36. The Balaban J connectivity index is 1.57. The van der Waals surface area contributed by atoms with Crippen LogP contribution in [0.4, 0.5) is 5.69 Å². The third kappa shape index (κ3) is 3.80. The van der Waals surface area contributed by atoms with Crippen molar-refractivity contribution in [3.05, 3.63) is 106 Å². The fraction of sp³-hybridized carbons (Fsp3) is 0.148. The van der Waals surface area contributed by atoms with Gasteiger partial charge in [0.15, 0.2) is 0 Å². The van der Waals surface area contributed by atoms with Crippen molar-refractivity contribution in [2.45, 2.75) is 26.9 Å². The van der Waals surface area contributed by atoms with Crippen LogP contribution in [0.25, 0.3) is 21.8 Å². The minimum Gasteiger partial charge on any atom is -0.331 e. The monoisotopic (exact) mass is 436 g/mol. The Morgan fingerprint density at radius 3 is 2.33 bits per heavy atom. The summed E-state index contributed by atoms with van der Waals surface area (Å²) in [5, 5.41) is 9.03. The molecule has 1 N–H and O–H groups in total. The van der Waals surface area contributed by atoms with Crippen LogP contribution in [-0.2, 0) is 17.9 Å². The lowest BCUT2D eigenvalue weighted by Crippen LogP contribution is -2.30. The van der Waals surface area contributed by atoms with E-state index in [9.17, 15) is 9.59 Å². The van der Waals surface area contributed by atoms with Crippen LogP contribution < -0.4 is 10.9 Å². The molecule has 5 aromatic rings. The van der Waals surface area contributed by atoms with Crippen LogP contribution in [0.1, 0.15) is 16.7 Å². The molecule has 0 saturated carbocycles. The maximum absolute atomic E-state index is 13.5. The number of carbonyl (C=O) groups is 1. The Hall–Kier alpha value is -4.19. The number of hydrogen-bond donors (Lipinski definition) is 1. The number of anilines is 1.